The topological polar surface area (TPSA) is 92.4 Å². The first kappa shape index (κ1) is 19.2. The standard InChI is InChI=1S/C21H19N3O4S/c25-19(24-11-12-29-17-8-4-3-7-16(17)24)13-28-20(26)10-9-18-22-15-6-2-1-5-14(15)21(27)23-18/h1-8H,9-13H2,(H,22,23,27). The fourth-order valence-electron chi connectivity index (χ4n) is 3.19. The van der Waals surface area contributed by atoms with Crippen molar-refractivity contribution in [3.63, 3.8) is 0 Å². The lowest BCUT2D eigenvalue weighted by Gasteiger charge is -2.28. The van der Waals surface area contributed by atoms with Crippen molar-refractivity contribution in [3.8, 4) is 0 Å². The van der Waals surface area contributed by atoms with Gasteiger partial charge in [-0.2, -0.15) is 0 Å². The van der Waals surface area contributed by atoms with Crippen LogP contribution in [0.1, 0.15) is 12.2 Å². The molecule has 1 N–H and O–H groups in total. The number of fused-ring (bicyclic) bond motifs is 2. The van der Waals surface area contributed by atoms with Crippen molar-refractivity contribution in [1.82, 2.24) is 9.97 Å². The van der Waals surface area contributed by atoms with E-state index in [4.69, 9.17) is 4.74 Å². The summed E-state index contributed by atoms with van der Waals surface area (Å²) in [5, 5.41) is 0.504. The number of aromatic nitrogens is 2. The monoisotopic (exact) mass is 409 g/mol. The number of anilines is 1. The molecule has 29 heavy (non-hydrogen) atoms. The Morgan fingerprint density at radius 1 is 1.14 bits per heavy atom. The summed E-state index contributed by atoms with van der Waals surface area (Å²) >= 11 is 1.70. The van der Waals surface area contributed by atoms with Crippen molar-refractivity contribution < 1.29 is 14.3 Å². The van der Waals surface area contributed by atoms with Crippen LogP contribution in [0, 0.1) is 0 Å². The third kappa shape index (κ3) is 4.32. The molecule has 0 unspecified atom stereocenters. The van der Waals surface area contributed by atoms with Crippen LogP contribution in [0.3, 0.4) is 0 Å². The van der Waals surface area contributed by atoms with Gasteiger partial charge in [0.1, 0.15) is 5.82 Å². The summed E-state index contributed by atoms with van der Waals surface area (Å²) in [6, 6.07) is 14.7. The Morgan fingerprint density at radius 2 is 1.93 bits per heavy atom. The molecule has 2 aromatic carbocycles. The van der Waals surface area contributed by atoms with E-state index in [-0.39, 0.29) is 30.9 Å². The van der Waals surface area contributed by atoms with E-state index in [0.717, 1.165) is 16.3 Å². The summed E-state index contributed by atoms with van der Waals surface area (Å²) in [5.74, 6) is 0.466. The third-order valence-electron chi connectivity index (χ3n) is 4.61. The second-order valence-corrected chi connectivity index (χ2v) is 7.69. The molecule has 2 heterocycles. The maximum Gasteiger partial charge on any atom is 0.306 e. The number of benzene rings is 2. The van der Waals surface area contributed by atoms with Crippen molar-refractivity contribution in [2.45, 2.75) is 17.7 Å². The molecule has 0 aliphatic carbocycles. The molecule has 1 aliphatic rings. The summed E-state index contributed by atoms with van der Waals surface area (Å²) in [5.41, 5.74) is 1.19. The van der Waals surface area contributed by atoms with Gasteiger partial charge in [-0.25, -0.2) is 4.98 Å². The fraction of sp³-hybridized carbons (Fsp3) is 0.238. The van der Waals surface area contributed by atoms with Crippen molar-refractivity contribution in [1.29, 1.82) is 0 Å². The molecule has 0 saturated carbocycles. The van der Waals surface area contributed by atoms with E-state index in [2.05, 4.69) is 9.97 Å². The minimum Gasteiger partial charge on any atom is -0.456 e. The number of amides is 1. The number of ether oxygens (including phenoxy) is 1. The van der Waals surface area contributed by atoms with Gasteiger partial charge in [-0.1, -0.05) is 24.3 Å². The highest BCUT2D eigenvalue weighted by Gasteiger charge is 2.23. The molecule has 8 heteroatoms. The summed E-state index contributed by atoms with van der Waals surface area (Å²) in [6.07, 6.45) is 0.261. The predicted molar refractivity (Wildman–Crippen MR) is 111 cm³/mol. The Morgan fingerprint density at radius 3 is 2.83 bits per heavy atom. The van der Waals surface area contributed by atoms with Gasteiger partial charge >= 0.3 is 5.97 Å². The second-order valence-electron chi connectivity index (χ2n) is 6.55. The normalized spacial score (nSPS) is 13.2. The third-order valence-corrected chi connectivity index (χ3v) is 5.66. The summed E-state index contributed by atoms with van der Waals surface area (Å²) in [4.78, 5) is 46.4. The van der Waals surface area contributed by atoms with E-state index in [1.54, 1.807) is 40.9 Å². The maximum atomic E-state index is 12.5. The number of para-hydroxylation sites is 2. The molecule has 1 amide bonds. The quantitative estimate of drug-likeness (QED) is 0.651. The number of hydrogen-bond acceptors (Lipinski definition) is 6. The number of aromatic amines is 1. The molecule has 1 aliphatic heterocycles. The van der Waals surface area contributed by atoms with E-state index in [1.807, 2.05) is 24.3 Å². The van der Waals surface area contributed by atoms with E-state index in [9.17, 15) is 14.4 Å². The van der Waals surface area contributed by atoms with Crippen molar-refractivity contribution in [2.75, 3.05) is 23.8 Å². The molecule has 0 bridgehead atoms. The highest BCUT2D eigenvalue weighted by molar-refractivity contribution is 7.99. The molecule has 0 atom stereocenters. The molecule has 0 fully saturated rings. The zero-order valence-corrected chi connectivity index (χ0v) is 16.4. The van der Waals surface area contributed by atoms with Crippen LogP contribution in [0.15, 0.2) is 58.2 Å². The Hall–Kier alpha value is -3.13. The zero-order chi connectivity index (χ0) is 20.2. The zero-order valence-electron chi connectivity index (χ0n) is 15.6. The molecule has 0 radical (unpaired) electrons. The first-order valence-corrected chi connectivity index (χ1v) is 10.3. The number of esters is 1. The number of aryl methyl sites for hydroxylation is 1. The van der Waals surface area contributed by atoms with E-state index >= 15 is 0 Å². The molecule has 4 rings (SSSR count). The van der Waals surface area contributed by atoms with E-state index in [0.29, 0.717) is 23.3 Å². The molecule has 1 aromatic heterocycles. The molecule has 0 saturated heterocycles. The number of nitrogens with zero attached hydrogens (tertiary/aromatic N) is 2. The van der Waals surface area contributed by atoms with Gasteiger partial charge in [0.15, 0.2) is 6.61 Å². The van der Waals surface area contributed by atoms with Gasteiger partial charge in [0.25, 0.3) is 11.5 Å². The number of carbonyl (C=O) groups excluding carboxylic acids is 2. The van der Waals surface area contributed by atoms with Gasteiger partial charge < -0.3 is 14.6 Å². The van der Waals surface area contributed by atoms with Crippen LogP contribution in [0.5, 0.6) is 0 Å². The minimum absolute atomic E-state index is 0.0288. The number of rotatable bonds is 5. The Kier molecular flexibility index (Phi) is 5.62. The SMILES string of the molecule is O=C(CCc1nc2ccccc2c(=O)[nH]1)OCC(=O)N1CCSc2ccccc21. The van der Waals surface area contributed by atoms with Crippen LogP contribution in [0.4, 0.5) is 5.69 Å². The smallest absolute Gasteiger partial charge is 0.306 e. The number of nitrogens with one attached hydrogen (secondary N) is 1. The summed E-state index contributed by atoms with van der Waals surface area (Å²) < 4.78 is 5.15. The van der Waals surface area contributed by atoms with Crippen molar-refractivity contribution in [3.05, 3.63) is 64.7 Å². The van der Waals surface area contributed by atoms with Gasteiger partial charge in [-0.05, 0) is 24.3 Å². The van der Waals surface area contributed by atoms with Gasteiger partial charge in [0.2, 0.25) is 0 Å². The minimum atomic E-state index is -0.506. The lowest BCUT2D eigenvalue weighted by atomic mass is 10.2. The molecular weight excluding hydrogens is 390 g/mol. The van der Waals surface area contributed by atoms with Gasteiger partial charge in [0, 0.05) is 23.6 Å². The Labute approximate surface area is 171 Å². The number of thioether (sulfide) groups is 1. The average Bonchev–Trinajstić information content (AvgIpc) is 2.75. The molecule has 3 aromatic rings. The van der Waals surface area contributed by atoms with Gasteiger partial charge in [0.05, 0.1) is 23.0 Å². The van der Waals surface area contributed by atoms with Gasteiger partial charge in [-0.15, -0.1) is 11.8 Å². The fourth-order valence-corrected chi connectivity index (χ4v) is 4.19. The molecular formula is C21H19N3O4S. The molecule has 7 nitrogen and oxygen atoms in total. The van der Waals surface area contributed by atoms with Crippen LogP contribution < -0.4 is 10.5 Å². The van der Waals surface area contributed by atoms with Crippen LogP contribution in [0.2, 0.25) is 0 Å². The van der Waals surface area contributed by atoms with Gasteiger partial charge in [-0.3, -0.25) is 14.4 Å². The van der Waals surface area contributed by atoms with Crippen LogP contribution in [0.25, 0.3) is 10.9 Å². The van der Waals surface area contributed by atoms with Crippen molar-refractivity contribution >= 4 is 40.2 Å². The highest BCUT2D eigenvalue weighted by Crippen LogP contribution is 2.34. The molecule has 0 spiro atoms. The number of hydrogen-bond donors (Lipinski definition) is 1. The lowest BCUT2D eigenvalue weighted by Crippen LogP contribution is -2.38. The highest BCUT2D eigenvalue weighted by atomic mass is 32.2. The van der Waals surface area contributed by atoms with E-state index in [1.165, 1.54) is 0 Å². The maximum absolute atomic E-state index is 12.5. The predicted octanol–water partition coefficient (Wildman–Crippen LogP) is 2.54. The molecule has 148 valence electrons. The Bertz CT molecular complexity index is 1130. The van der Waals surface area contributed by atoms with Crippen molar-refractivity contribution in [2.24, 2.45) is 0 Å². The first-order chi connectivity index (χ1) is 14.1. The first-order valence-electron chi connectivity index (χ1n) is 9.27. The number of H-pyrrole nitrogens is 1. The Balaban J connectivity index is 1.33. The van der Waals surface area contributed by atoms with Crippen LogP contribution >= 0.6 is 11.8 Å². The summed E-state index contributed by atoms with van der Waals surface area (Å²) in [7, 11) is 0. The number of carbonyl (C=O) groups is 2. The van der Waals surface area contributed by atoms with Crippen LogP contribution in [-0.4, -0.2) is 40.7 Å². The van der Waals surface area contributed by atoms with Crippen LogP contribution in [-0.2, 0) is 20.7 Å². The summed E-state index contributed by atoms with van der Waals surface area (Å²) in [6.45, 7) is 0.278. The lowest BCUT2D eigenvalue weighted by molar-refractivity contribution is -0.147. The van der Waals surface area contributed by atoms with E-state index < -0.39 is 5.97 Å². The second kappa shape index (κ2) is 8.48. The largest absolute Gasteiger partial charge is 0.456 e. The average molecular weight is 409 g/mol.